The Bertz CT molecular complexity index is 540. The molecule has 0 unspecified atom stereocenters. The van der Waals surface area contributed by atoms with Crippen LogP contribution in [0.25, 0.3) is 0 Å². The number of hydrogen-bond acceptors (Lipinski definition) is 3. The van der Waals surface area contributed by atoms with Crippen LogP contribution in [0, 0.1) is 0 Å². The van der Waals surface area contributed by atoms with Gasteiger partial charge in [-0.15, -0.1) is 0 Å². The van der Waals surface area contributed by atoms with Crippen molar-refractivity contribution in [2.24, 2.45) is 0 Å². The highest BCUT2D eigenvalue weighted by atomic mass is 32.1. The van der Waals surface area contributed by atoms with E-state index in [9.17, 15) is 4.79 Å². The summed E-state index contributed by atoms with van der Waals surface area (Å²) in [5, 5.41) is 6.49. The van der Waals surface area contributed by atoms with Gasteiger partial charge in [-0.3, -0.25) is 10.1 Å². The summed E-state index contributed by atoms with van der Waals surface area (Å²) in [4.78, 5) is 12.4. The van der Waals surface area contributed by atoms with Crippen molar-refractivity contribution in [3.05, 3.63) is 29.8 Å². The van der Waals surface area contributed by atoms with Gasteiger partial charge in [0.05, 0.1) is 6.61 Å². The topological polar surface area (TPSA) is 50.4 Å². The molecule has 0 heterocycles. The Hall–Kier alpha value is -1.62. The van der Waals surface area contributed by atoms with E-state index in [2.05, 4.69) is 17.6 Å². The summed E-state index contributed by atoms with van der Waals surface area (Å²) >= 11 is 5.30. The molecule has 1 aliphatic rings. The highest BCUT2D eigenvalue weighted by Gasteiger charge is 2.15. The van der Waals surface area contributed by atoms with Crippen molar-refractivity contribution in [1.82, 2.24) is 10.6 Å². The van der Waals surface area contributed by atoms with Crippen LogP contribution >= 0.6 is 12.2 Å². The summed E-state index contributed by atoms with van der Waals surface area (Å²) in [6.45, 7) is 2.79. The number of rotatable bonds is 6. The maximum Gasteiger partial charge on any atom is 0.257 e. The van der Waals surface area contributed by atoms with Crippen molar-refractivity contribution >= 4 is 23.2 Å². The van der Waals surface area contributed by atoms with Gasteiger partial charge in [-0.2, -0.15) is 0 Å². The van der Waals surface area contributed by atoms with Gasteiger partial charge in [-0.1, -0.05) is 45.1 Å². The lowest BCUT2D eigenvalue weighted by Crippen LogP contribution is -2.44. The van der Waals surface area contributed by atoms with Gasteiger partial charge < -0.3 is 10.1 Å². The number of ether oxygens (including phenoxy) is 1. The predicted molar refractivity (Wildman–Crippen MR) is 102 cm³/mol. The zero-order valence-corrected chi connectivity index (χ0v) is 15.3. The second-order valence-electron chi connectivity index (χ2n) is 6.35. The summed E-state index contributed by atoms with van der Waals surface area (Å²) < 4.78 is 5.65. The summed E-state index contributed by atoms with van der Waals surface area (Å²) in [5.41, 5.74) is 0.564. The van der Waals surface area contributed by atoms with Crippen molar-refractivity contribution in [1.29, 1.82) is 0 Å². The maximum absolute atomic E-state index is 12.4. The van der Waals surface area contributed by atoms with E-state index in [1.165, 1.54) is 25.7 Å². The first-order chi connectivity index (χ1) is 11.7. The van der Waals surface area contributed by atoms with E-state index in [0.717, 1.165) is 31.4 Å². The predicted octanol–water partition coefficient (Wildman–Crippen LogP) is 4.19. The van der Waals surface area contributed by atoms with E-state index in [4.69, 9.17) is 17.0 Å². The molecule has 1 aromatic carbocycles. The number of carbonyl (C=O) groups is 1. The Morgan fingerprint density at radius 2 is 2.00 bits per heavy atom. The summed E-state index contributed by atoms with van der Waals surface area (Å²) in [6, 6.07) is 7.62. The van der Waals surface area contributed by atoms with Gasteiger partial charge in [-0.05, 0) is 49.7 Å². The van der Waals surface area contributed by atoms with Crippen LogP contribution in [0.5, 0.6) is 5.75 Å². The highest BCUT2D eigenvalue weighted by Crippen LogP contribution is 2.17. The lowest BCUT2D eigenvalue weighted by atomic mass is 10.1. The van der Waals surface area contributed by atoms with Crippen molar-refractivity contribution in [3.8, 4) is 5.75 Å². The maximum atomic E-state index is 12.4. The van der Waals surface area contributed by atoms with Gasteiger partial charge >= 0.3 is 0 Å². The van der Waals surface area contributed by atoms with E-state index in [1.807, 2.05) is 12.1 Å². The number of nitrogens with one attached hydrogen (secondary N) is 2. The van der Waals surface area contributed by atoms with Crippen LogP contribution in [-0.2, 0) is 0 Å². The van der Waals surface area contributed by atoms with Crippen LogP contribution in [0.1, 0.15) is 68.6 Å². The van der Waals surface area contributed by atoms with Gasteiger partial charge in [0.2, 0.25) is 0 Å². The molecular weight excluding hydrogens is 320 g/mol. The Labute approximate surface area is 150 Å². The molecule has 2 rings (SSSR count). The third-order valence-corrected chi connectivity index (χ3v) is 4.50. The average molecular weight is 349 g/mol. The Kier molecular flexibility index (Phi) is 8.02. The molecule has 1 aromatic rings. The molecule has 0 saturated heterocycles. The first-order valence-electron chi connectivity index (χ1n) is 9.03. The van der Waals surface area contributed by atoms with Crippen LogP contribution < -0.4 is 15.4 Å². The van der Waals surface area contributed by atoms with Crippen molar-refractivity contribution in [2.75, 3.05) is 6.61 Å². The first-order valence-corrected chi connectivity index (χ1v) is 9.44. The molecule has 0 aromatic heterocycles. The van der Waals surface area contributed by atoms with E-state index >= 15 is 0 Å². The molecule has 0 spiro atoms. The van der Waals surface area contributed by atoms with Gasteiger partial charge in [0, 0.05) is 11.6 Å². The Morgan fingerprint density at radius 3 is 2.71 bits per heavy atom. The number of carbonyl (C=O) groups excluding carboxylic acids is 1. The number of unbranched alkanes of at least 4 members (excludes halogenated alkanes) is 1. The average Bonchev–Trinajstić information content (AvgIpc) is 2.84. The first kappa shape index (κ1) is 18.7. The third-order valence-electron chi connectivity index (χ3n) is 4.28. The minimum Gasteiger partial charge on any atom is -0.494 e. The lowest BCUT2D eigenvalue weighted by Gasteiger charge is -2.18. The van der Waals surface area contributed by atoms with Crippen molar-refractivity contribution < 1.29 is 9.53 Å². The zero-order valence-electron chi connectivity index (χ0n) is 14.5. The molecule has 1 saturated carbocycles. The minimum absolute atomic E-state index is 0.193. The normalized spacial score (nSPS) is 15.4. The Balaban J connectivity index is 1.84. The molecule has 2 N–H and O–H groups in total. The van der Waals surface area contributed by atoms with Gasteiger partial charge in [0.25, 0.3) is 5.91 Å². The molecule has 0 radical (unpaired) electrons. The van der Waals surface area contributed by atoms with Crippen LogP contribution in [0.4, 0.5) is 0 Å². The Morgan fingerprint density at radius 1 is 1.25 bits per heavy atom. The highest BCUT2D eigenvalue weighted by molar-refractivity contribution is 7.80. The number of benzene rings is 1. The van der Waals surface area contributed by atoms with Gasteiger partial charge in [-0.25, -0.2) is 0 Å². The second-order valence-corrected chi connectivity index (χ2v) is 6.75. The van der Waals surface area contributed by atoms with E-state index in [0.29, 0.717) is 23.3 Å². The molecule has 5 heteroatoms. The molecule has 132 valence electrons. The fourth-order valence-electron chi connectivity index (χ4n) is 2.88. The molecule has 1 amide bonds. The smallest absolute Gasteiger partial charge is 0.257 e. The fourth-order valence-corrected chi connectivity index (χ4v) is 3.14. The summed E-state index contributed by atoms with van der Waals surface area (Å²) in [6.07, 6.45) is 9.38. The molecule has 0 atom stereocenters. The molecule has 24 heavy (non-hydrogen) atoms. The van der Waals surface area contributed by atoms with E-state index in [-0.39, 0.29) is 5.91 Å². The molecule has 1 aliphatic carbocycles. The summed E-state index contributed by atoms with van der Waals surface area (Å²) in [5.74, 6) is 0.529. The van der Waals surface area contributed by atoms with E-state index in [1.54, 1.807) is 12.1 Å². The zero-order chi connectivity index (χ0) is 17.2. The molecule has 0 bridgehead atoms. The second kappa shape index (κ2) is 10.3. The van der Waals surface area contributed by atoms with Crippen LogP contribution in [0.3, 0.4) is 0 Å². The third kappa shape index (κ3) is 6.48. The largest absolute Gasteiger partial charge is 0.494 e. The number of amides is 1. The molecule has 4 nitrogen and oxygen atoms in total. The lowest BCUT2D eigenvalue weighted by molar-refractivity contribution is 0.0976. The molecular formula is C19H28N2O2S. The van der Waals surface area contributed by atoms with Gasteiger partial charge in [0.15, 0.2) is 5.11 Å². The van der Waals surface area contributed by atoms with Crippen molar-refractivity contribution in [2.45, 2.75) is 64.3 Å². The monoisotopic (exact) mass is 348 g/mol. The van der Waals surface area contributed by atoms with Crippen LogP contribution in [0.2, 0.25) is 0 Å². The number of hydrogen-bond donors (Lipinski definition) is 2. The van der Waals surface area contributed by atoms with Crippen LogP contribution in [-0.4, -0.2) is 23.7 Å². The standard InChI is InChI=1S/C19H28N2O2S/c1-2-3-13-23-17-12-8-9-15(14-17)18(22)21-19(24)20-16-10-6-4-5-7-11-16/h8-9,12,14,16H,2-7,10-11,13H2,1H3,(H2,20,21,22,24). The minimum atomic E-state index is -0.193. The summed E-state index contributed by atoms with van der Waals surface area (Å²) in [7, 11) is 0. The van der Waals surface area contributed by atoms with Crippen molar-refractivity contribution in [3.63, 3.8) is 0 Å². The van der Waals surface area contributed by atoms with Crippen LogP contribution in [0.15, 0.2) is 24.3 Å². The SMILES string of the molecule is CCCCOc1cccc(C(=O)NC(=S)NC2CCCCCC2)c1. The van der Waals surface area contributed by atoms with E-state index < -0.39 is 0 Å². The molecule has 1 fully saturated rings. The number of thiocarbonyl (C=S) groups is 1. The fraction of sp³-hybridized carbons (Fsp3) is 0.579. The van der Waals surface area contributed by atoms with Gasteiger partial charge in [0.1, 0.15) is 5.75 Å². The molecule has 0 aliphatic heterocycles. The quantitative estimate of drug-likeness (QED) is 0.460.